The minimum atomic E-state index is 0.517. The molecule has 0 radical (unpaired) electrons. The SMILES string of the molecule is CCNCc1cn(Cc2cc(-c3ccco3)on2)nn1. The maximum absolute atomic E-state index is 5.25. The molecule has 0 amide bonds. The Morgan fingerprint density at radius 2 is 2.25 bits per heavy atom. The molecule has 0 spiro atoms. The van der Waals surface area contributed by atoms with Crippen LogP contribution >= 0.6 is 0 Å². The van der Waals surface area contributed by atoms with E-state index in [4.69, 9.17) is 8.94 Å². The average Bonchev–Trinajstić information content (AvgIpc) is 3.18. The molecule has 0 saturated heterocycles. The lowest BCUT2D eigenvalue weighted by molar-refractivity contribution is 0.407. The van der Waals surface area contributed by atoms with E-state index in [9.17, 15) is 0 Å². The lowest BCUT2D eigenvalue weighted by atomic mass is 10.3. The molecule has 0 aliphatic rings. The van der Waals surface area contributed by atoms with Gasteiger partial charge in [0.25, 0.3) is 0 Å². The zero-order valence-electron chi connectivity index (χ0n) is 11.1. The first-order chi connectivity index (χ1) is 9.85. The van der Waals surface area contributed by atoms with Crippen LogP contribution in [0.1, 0.15) is 18.3 Å². The number of hydrogen-bond acceptors (Lipinski definition) is 6. The van der Waals surface area contributed by atoms with Crippen molar-refractivity contribution in [2.24, 2.45) is 0 Å². The maximum atomic E-state index is 5.25. The van der Waals surface area contributed by atoms with E-state index in [1.165, 1.54) is 0 Å². The zero-order chi connectivity index (χ0) is 13.8. The first-order valence-electron chi connectivity index (χ1n) is 6.44. The third kappa shape index (κ3) is 2.77. The van der Waals surface area contributed by atoms with Crippen LogP contribution in [0.2, 0.25) is 0 Å². The van der Waals surface area contributed by atoms with Gasteiger partial charge in [-0.05, 0) is 18.7 Å². The summed E-state index contributed by atoms with van der Waals surface area (Å²) in [6.07, 6.45) is 3.49. The highest BCUT2D eigenvalue weighted by atomic mass is 16.5. The summed E-state index contributed by atoms with van der Waals surface area (Å²) < 4.78 is 12.2. The van der Waals surface area contributed by atoms with E-state index in [-0.39, 0.29) is 0 Å². The Balaban J connectivity index is 1.67. The smallest absolute Gasteiger partial charge is 0.202 e. The Morgan fingerprint density at radius 3 is 3.05 bits per heavy atom. The predicted octanol–water partition coefficient (Wildman–Crippen LogP) is 1.68. The molecule has 0 saturated carbocycles. The van der Waals surface area contributed by atoms with Crippen LogP contribution < -0.4 is 5.32 Å². The van der Waals surface area contributed by atoms with Gasteiger partial charge in [-0.15, -0.1) is 5.10 Å². The molecular formula is C13H15N5O2. The van der Waals surface area contributed by atoms with Gasteiger partial charge in [0.15, 0.2) is 5.76 Å². The largest absolute Gasteiger partial charge is 0.461 e. The van der Waals surface area contributed by atoms with Crippen LogP contribution in [0.25, 0.3) is 11.5 Å². The molecule has 0 aliphatic carbocycles. The quantitative estimate of drug-likeness (QED) is 0.736. The summed E-state index contributed by atoms with van der Waals surface area (Å²) in [5.74, 6) is 1.27. The van der Waals surface area contributed by atoms with Crippen molar-refractivity contribution in [2.45, 2.75) is 20.0 Å². The molecule has 3 rings (SSSR count). The fourth-order valence-electron chi connectivity index (χ4n) is 1.84. The van der Waals surface area contributed by atoms with Crippen molar-refractivity contribution < 1.29 is 8.94 Å². The molecule has 7 heteroatoms. The van der Waals surface area contributed by atoms with Gasteiger partial charge in [0.1, 0.15) is 5.69 Å². The van der Waals surface area contributed by atoms with Crippen molar-refractivity contribution in [1.82, 2.24) is 25.5 Å². The zero-order valence-corrected chi connectivity index (χ0v) is 11.1. The van der Waals surface area contributed by atoms with E-state index in [1.54, 1.807) is 10.9 Å². The predicted molar refractivity (Wildman–Crippen MR) is 70.7 cm³/mol. The molecule has 0 unspecified atom stereocenters. The van der Waals surface area contributed by atoms with Gasteiger partial charge in [-0.2, -0.15) is 0 Å². The molecule has 0 bridgehead atoms. The summed E-state index contributed by atoms with van der Waals surface area (Å²) in [6, 6.07) is 5.47. The molecule has 0 aromatic carbocycles. The first kappa shape index (κ1) is 12.6. The molecule has 20 heavy (non-hydrogen) atoms. The monoisotopic (exact) mass is 273 g/mol. The number of nitrogens with zero attached hydrogens (tertiary/aromatic N) is 4. The van der Waals surface area contributed by atoms with E-state index < -0.39 is 0 Å². The lowest BCUT2D eigenvalue weighted by Crippen LogP contribution is -2.11. The van der Waals surface area contributed by atoms with Crippen molar-refractivity contribution in [3.05, 3.63) is 42.0 Å². The molecule has 0 fully saturated rings. The van der Waals surface area contributed by atoms with E-state index in [0.29, 0.717) is 24.6 Å². The second-order valence-corrected chi connectivity index (χ2v) is 4.35. The van der Waals surface area contributed by atoms with Crippen LogP contribution in [0, 0.1) is 0 Å². The van der Waals surface area contributed by atoms with Crippen molar-refractivity contribution in [2.75, 3.05) is 6.54 Å². The minimum Gasteiger partial charge on any atom is -0.461 e. The molecular weight excluding hydrogens is 258 g/mol. The van der Waals surface area contributed by atoms with E-state index in [0.717, 1.165) is 17.9 Å². The Bertz CT molecular complexity index is 656. The van der Waals surface area contributed by atoms with Gasteiger partial charge in [-0.3, -0.25) is 0 Å². The summed E-state index contributed by atoms with van der Waals surface area (Å²) in [4.78, 5) is 0. The lowest BCUT2D eigenvalue weighted by Gasteiger charge is -1.95. The van der Waals surface area contributed by atoms with Crippen LogP contribution in [0.5, 0.6) is 0 Å². The summed E-state index contributed by atoms with van der Waals surface area (Å²) in [6.45, 7) is 4.19. The van der Waals surface area contributed by atoms with Crippen LogP contribution in [0.15, 0.2) is 39.6 Å². The molecule has 3 aromatic heterocycles. The highest BCUT2D eigenvalue weighted by Gasteiger charge is 2.10. The van der Waals surface area contributed by atoms with Crippen LogP contribution in [-0.4, -0.2) is 26.7 Å². The van der Waals surface area contributed by atoms with Crippen LogP contribution in [-0.2, 0) is 13.1 Å². The molecule has 3 aromatic rings. The minimum absolute atomic E-state index is 0.517. The first-order valence-corrected chi connectivity index (χ1v) is 6.44. The fraction of sp³-hybridized carbons (Fsp3) is 0.308. The molecule has 104 valence electrons. The number of aromatic nitrogens is 4. The third-order valence-electron chi connectivity index (χ3n) is 2.79. The fourth-order valence-corrected chi connectivity index (χ4v) is 1.84. The standard InChI is InChI=1S/C13H15N5O2/c1-2-14-7-11-9-18(17-15-11)8-10-6-13(20-16-10)12-4-3-5-19-12/h3-6,9,14H,2,7-8H2,1H3. The Kier molecular flexibility index (Phi) is 3.60. The van der Waals surface area contributed by atoms with Gasteiger partial charge >= 0.3 is 0 Å². The second kappa shape index (κ2) is 5.70. The molecule has 0 atom stereocenters. The van der Waals surface area contributed by atoms with Crippen molar-refractivity contribution >= 4 is 0 Å². The summed E-state index contributed by atoms with van der Waals surface area (Å²) in [5, 5.41) is 15.3. The van der Waals surface area contributed by atoms with E-state index in [1.807, 2.05) is 24.4 Å². The van der Waals surface area contributed by atoms with E-state index >= 15 is 0 Å². The van der Waals surface area contributed by atoms with Crippen LogP contribution in [0.4, 0.5) is 0 Å². The number of furan rings is 1. The van der Waals surface area contributed by atoms with Crippen molar-refractivity contribution in [1.29, 1.82) is 0 Å². The van der Waals surface area contributed by atoms with Gasteiger partial charge in [-0.25, -0.2) is 4.68 Å². The summed E-state index contributed by atoms with van der Waals surface area (Å²) in [7, 11) is 0. The molecule has 7 nitrogen and oxygen atoms in total. The number of nitrogens with one attached hydrogen (secondary N) is 1. The topological polar surface area (TPSA) is 81.9 Å². The normalized spacial score (nSPS) is 11.1. The summed E-state index contributed by atoms with van der Waals surface area (Å²) >= 11 is 0. The van der Waals surface area contributed by atoms with Crippen LogP contribution in [0.3, 0.4) is 0 Å². The summed E-state index contributed by atoms with van der Waals surface area (Å²) in [5.41, 5.74) is 1.68. The number of hydrogen-bond donors (Lipinski definition) is 1. The number of rotatable bonds is 6. The highest BCUT2D eigenvalue weighted by molar-refractivity contribution is 5.49. The van der Waals surface area contributed by atoms with Gasteiger partial charge < -0.3 is 14.3 Å². The van der Waals surface area contributed by atoms with Crippen molar-refractivity contribution in [3.63, 3.8) is 0 Å². The third-order valence-corrected chi connectivity index (χ3v) is 2.79. The maximum Gasteiger partial charge on any atom is 0.202 e. The van der Waals surface area contributed by atoms with Gasteiger partial charge in [0.05, 0.1) is 24.7 Å². The Morgan fingerprint density at radius 1 is 1.30 bits per heavy atom. The van der Waals surface area contributed by atoms with Gasteiger partial charge in [0, 0.05) is 12.6 Å². The Labute approximate surface area is 115 Å². The van der Waals surface area contributed by atoms with Gasteiger partial charge in [-0.1, -0.05) is 17.3 Å². The molecule has 0 aliphatic heterocycles. The average molecular weight is 273 g/mol. The van der Waals surface area contributed by atoms with Crippen molar-refractivity contribution in [3.8, 4) is 11.5 Å². The molecule has 3 heterocycles. The van der Waals surface area contributed by atoms with Gasteiger partial charge in [0.2, 0.25) is 5.76 Å². The van der Waals surface area contributed by atoms with E-state index in [2.05, 4.69) is 27.7 Å². The Hall–Kier alpha value is -2.41. The highest BCUT2D eigenvalue weighted by Crippen LogP contribution is 2.20. The second-order valence-electron chi connectivity index (χ2n) is 4.35. The molecule has 1 N–H and O–H groups in total.